The molecule has 11 radical (unpaired) electrons. The second-order valence-corrected chi connectivity index (χ2v) is 4.23. The second kappa shape index (κ2) is 13.9. The summed E-state index contributed by atoms with van der Waals surface area (Å²) in [4.78, 5) is 0. The number of benzene rings is 1. The Kier molecular flexibility index (Phi) is 14.2. The van der Waals surface area contributed by atoms with Crippen molar-refractivity contribution < 1.29 is 21.7 Å². The van der Waals surface area contributed by atoms with Crippen LogP contribution in [0.15, 0.2) is 30.3 Å². The molecule has 87 valence electrons. The van der Waals surface area contributed by atoms with E-state index in [9.17, 15) is 0 Å². The van der Waals surface area contributed by atoms with Gasteiger partial charge in [0, 0.05) is 0 Å². The molecule has 0 atom stereocenters. The summed E-state index contributed by atoms with van der Waals surface area (Å²) in [7, 11) is 0. The van der Waals surface area contributed by atoms with Gasteiger partial charge in [0.2, 0.25) is 0 Å². The van der Waals surface area contributed by atoms with Gasteiger partial charge in [-0.1, -0.05) is 0 Å². The Morgan fingerprint density at radius 2 is 0.778 bits per heavy atom. The molecule has 0 spiro atoms. The van der Waals surface area contributed by atoms with Crippen molar-refractivity contribution >= 4 is 20.5 Å². The number of rotatable bonds is 0. The Hall–Kier alpha value is 0.454. The van der Waals surface area contributed by atoms with E-state index in [-0.39, 0.29) is 21.7 Å². The van der Waals surface area contributed by atoms with Crippen molar-refractivity contribution in [2.24, 2.45) is 0 Å². The summed E-state index contributed by atoms with van der Waals surface area (Å²) in [5.74, 6) is 0. The smallest absolute Gasteiger partial charge is 2.00 e. The van der Waals surface area contributed by atoms with E-state index >= 15 is 0 Å². The van der Waals surface area contributed by atoms with Gasteiger partial charge < -0.3 is 0 Å². The largest absolute Gasteiger partial charge is 2.00 e. The van der Waals surface area contributed by atoms with E-state index in [1.807, 2.05) is 94.5 Å². The molecule has 0 saturated heterocycles. The Morgan fingerprint density at radius 3 is 0.944 bits per heavy atom. The van der Waals surface area contributed by atoms with Crippen molar-refractivity contribution in [3.05, 3.63) is 94.5 Å². The van der Waals surface area contributed by atoms with Gasteiger partial charge in [0.15, 0.2) is 0 Å². The van der Waals surface area contributed by atoms with E-state index in [1.165, 1.54) is 4.46 Å². The van der Waals surface area contributed by atoms with E-state index in [0.29, 0.717) is 0 Å². The van der Waals surface area contributed by atoms with Gasteiger partial charge in [-0.3, -0.25) is 0 Å². The molecule has 0 N–H and O–H groups in total. The van der Waals surface area contributed by atoms with Crippen LogP contribution in [0.5, 0.6) is 0 Å². The fraction of sp³-hybridized carbons (Fsp3) is 0. The maximum Gasteiger partial charge on any atom is 2.00 e. The molecule has 18 heavy (non-hydrogen) atoms. The Balaban J connectivity index is 0.000000239. The molecular formula is C16H15SeTi+2. The van der Waals surface area contributed by atoms with Crippen LogP contribution in [0.25, 0.3) is 0 Å². The van der Waals surface area contributed by atoms with Crippen molar-refractivity contribution in [3.8, 4) is 0 Å². The van der Waals surface area contributed by atoms with Crippen LogP contribution < -0.4 is 4.46 Å². The first kappa shape index (κ1) is 18.5. The van der Waals surface area contributed by atoms with Crippen LogP contribution in [0, 0.1) is 64.2 Å². The fourth-order valence-corrected chi connectivity index (χ4v) is 1.39. The summed E-state index contributed by atoms with van der Waals surface area (Å²) in [5, 5.41) is 0. The molecule has 0 unspecified atom stereocenters. The average Bonchev–Trinajstić information content (AvgIpc) is 3.09. The first-order valence-electron chi connectivity index (χ1n) is 5.45. The standard InChI is InChI=1S/C6H5Se.2C5H5.Ti/c7-6-4-2-1-3-5-6;2*1-2-4-5-3-1;/h1-5H;2*1-5H;/q;;;+2. The molecule has 2 aliphatic rings. The van der Waals surface area contributed by atoms with Crippen LogP contribution in [-0.4, -0.2) is 16.0 Å². The monoisotopic (exact) mass is 335 g/mol. The zero-order valence-electron chi connectivity index (χ0n) is 10.1. The zero-order chi connectivity index (χ0) is 12.2. The molecule has 0 heterocycles. The molecule has 2 fully saturated rings. The molecule has 1 aromatic rings. The van der Waals surface area contributed by atoms with E-state index in [1.54, 1.807) is 0 Å². The molecule has 0 nitrogen and oxygen atoms in total. The van der Waals surface area contributed by atoms with Crippen LogP contribution in [0.4, 0.5) is 0 Å². The van der Waals surface area contributed by atoms with Crippen LogP contribution in [0.2, 0.25) is 0 Å². The first-order valence-corrected chi connectivity index (χ1v) is 6.30. The summed E-state index contributed by atoms with van der Waals surface area (Å²) in [6.45, 7) is 0. The third-order valence-electron chi connectivity index (χ3n) is 1.85. The van der Waals surface area contributed by atoms with Gasteiger partial charge in [-0.2, -0.15) is 0 Å². The topological polar surface area (TPSA) is 0 Å². The predicted octanol–water partition coefficient (Wildman–Crippen LogP) is 2.52. The fourth-order valence-electron chi connectivity index (χ4n) is 1.06. The summed E-state index contributed by atoms with van der Waals surface area (Å²) in [6, 6.07) is 10.1. The van der Waals surface area contributed by atoms with Gasteiger partial charge in [0.05, 0.1) is 0 Å². The number of hydrogen-bond donors (Lipinski definition) is 0. The molecule has 0 amide bonds. The van der Waals surface area contributed by atoms with Gasteiger partial charge in [-0.15, -0.1) is 0 Å². The van der Waals surface area contributed by atoms with E-state index in [0.717, 1.165) is 0 Å². The minimum atomic E-state index is 0. The minimum Gasteiger partial charge on any atom is 2.00 e. The Bertz CT molecular complexity index is 228. The van der Waals surface area contributed by atoms with Crippen molar-refractivity contribution in [3.63, 3.8) is 0 Å². The van der Waals surface area contributed by atoms with Crippen LogP contribution >= 0.6 is 0 Å². The molecule has 2 aliphatic carbocycles. The van der Waals surface area contributed by atoms with Crippen molar-refractivity contribution in [1.82, 2.24) is 0 Å². The van der Waals surface area contributed by atoms with E-state index < -0.39 is 0 Å². The molecule has 2 heteroatoms. The van der Waals surface area contributed by atoms with Gasteiger partial charge in [0.1, 0.15) is 0 Å². The van der Waals surface area contributed by atoms with Crippen LogP contribution in [-0.2, 0) is 21.7 Å². The SMILES string of the molecule is [CH]1[CH][CH][CH][CH]1.[CH]1[CH][CH][CH][CH]1.[Se]c1ccccc1.[Ti+2]. The normalized spacial score (nSPS) is 16.7. The Labute approximate surface area is 136 Å². The van der Waals surface area contributed by atoms with Gasteiger partial charge in [-0.05, 0) is 64.2 Å². The summed E-state index contributed by atoms with van der Waals surface area (Å²) in [6.07, 6.45) is 20.0. The number of hydrogen-bond acceptors (Lipinski definition) is 0. The summed E-state index contributed by atoms with van der Waals surface area (Å²) < 4.78 is 1.20. The maximum absolute atomic E-state index is 2.90. The molecule has 2 saturated carbocycles. The molecule has 0 aliphatic heterocycles. The van der Waals surface area contributed by atoms with Crippen molar-refractivity contribution in [2.75, 3.05) is 0 Å². The third-order valence-corrected chi connectivity index (χ3v) is 2.43. The zero-order valence-corrected chi connectivity index (χ0v) is 13.3. The van der Waals surface area contributed by atoms with Crippen molar-refractivity contribution in [1.29, 1.82) is 0 Å². The third kappa shape index (κ3) is 11.5. The Morgan fingerprint density at radius 1 is 0.500 bits per heavy atom. The minimum absolute atomic E-state index is 0. The van der Waals surface area contributed by atoms with Crippen LogP contribution in [0.3, 0.4) is 0 Å². The van der Waals surface area contributed by atoms with Gasteiger partial charge in [0.25, 0.3) is 0 Å². The van der Waals surface area contributed by atoms with E-state index in [4.69, 9.17) is 0 Å². The van der Waals surface area contributed by atoms with E-state index in [2.05, 4.69) is 16.0 Å². The summed E-state index contributed by atoms with van der Waals surface area (Å²) in [5.41, 5.74) is 0. The quantitative estimate of drug-likeness (QED) is 0.640. The molecule has 1 aromatic carbocycles. The molecular weight excluding hydrogens is 319 g/mol. The molecule has 0 bridgehead atoms. The van der Waals surface area contributed by atoms with Gasteiger partial charge in [-0.25, -0.2) is 0 Å². The average molecular weight is 334 g/mol. The van der Waals surface area contributed by atoms with Crippen LogP contribution in [0.1, 0.15) is 0 Å². The first-order chi connectivity index (χ1) is 8.39. The molecule has 0 aromatic heterocycles. The summed E-state index contributed by atoms with van der Waals surface area (Å²) >= 11 is 2.90. The molecule has 3 rings (SSSR count). The van der Waals surface area contributed by atoms with Crippen molar-refractivity contribution in [2.45, 2.75) is 0 Å². The van der Waals surface area contributed by atoms with Gasteiger partial charge >= 0.3 is 72.5 Å². The maximum atomic E-state index is 2.90. The second-order valence-electron chi connectivity index (χ2n) is 3.24. The predicted molar refractivity (Wildman–Crippen MR) is 74.8 cm³/mol.